The summed E-state index contributed by atoms with van der Waals surface area (Å²) in [6.45, 7) is 0.652. The maximum absolute atomic E-state index is 12.7. The van der Waals surface area contributed by atoms with Crippen molar-refractivity contribution in [2.75, 3.05) is 6.54 Å². The summed E-state index contributed by atoms with van der Waals surface area (Å²) in [6, 6.07) is 12.3. The van der Waals surface area contributed by atoms with Crippen molar-refractivity contribution in [1.82, 2.24) is 20.1 Å². The van der Waals surface area contributed by atoms with Crippen molar-refractivity contribution in [2.24, 2.45) is 0 Å². The molecule has 25 heavy (non-hydrogen) atoms. The zero-order valence-electron chi connectivity index (χ0n) is 13.3. The van der Waals surface area contributed by atoms with Gasteiger partial charge in [-0.15, -0.1) is 10.2 Å². The van der Waals surface area contributed by atoms with E-state index in [1.165, 1.54) is 0 Å². The van der Waals surface area contributed by atoms with Gasteiger partial charge < -0.3 is 9.32 Å². The average molecular weight is 355 g/mol. The molecule has 0 bridgehead atoms. The molecule has 0 N–H and O–H groups in total. The number of hydrogen-bond donors (Lipinski definition) is 0. The van der Waals surface area contributed by atoms with Crippen LogP contribution in [0.5, 0.6) is 0 Å². The number of aromatic nitrogens is 3. The first-order valence-electron chi connectivity index (χ1n) is 8.04. The predicted octanol–water partition coefficient (Wildman–Crippen LogP) is 3.76. The van der Waals surface area contributed by atoms with Gasteiger partial charge in [0.15, 0.2) is 0 Å². The molecule has 1 atom stereocenters. The zero-order chi connectivity index (χ0) is 17.2. The summed E-state index contributed by atoms with van der Waals surface area (Å²) in [4.78, 5) is 18.6. The fraction of sp³-hybridized carbons (Fsp3) is 0.222. The van der Waals surface area contributed by atoms with E-state index in [2.05, 4.69) is 15.2 Å². The average Bonchev–Trinajstić information content (AvgIpc) is 3.31. The van der Waals surface area contributed by atoms with Gasteiger partial charge in [-0.2, -0.15) is 0 Å². The van der Waals surface area contributed by atoms with Crippen LogP contribution < -0.4 is 0 Å². The summed E-state index contributed by atoms with van der Waals surface area (Å²) in [7, 11) is 0. The normalized spacial score (nSPS) is 17.0. The molecule has 126 valence electrons. The molecule has 6 nitrogen and oxygen atoms in total. The van der Waals surface area contributed by atoms with Crippen LogP contribution in [0, 0.1) is 0 Å². The lowest BCUT2D eigenvalue weighted by Crippen LogP contribution is -2.31. The number of hydrogen-bond acceptors (Lipinski definition) is 5. The lowest BCUT2D eigenvalue weighted by Gasteiger charge is -2.21. The Kier molecular flexibility index (Phi) is 4.19. The number of halogens is 1. The monoisotopic (exact) mass is 354 g/mol. The fourth-order valence-corrected chi connectivity index (χ4v) is 3.11. The molecule has 1 saturated heterocycles. The van der Waals surface area contributed by atoms with Crippen molar-refractivity contribution in [3.8, 4) is 11.5 Å². The van der Waals surface area contributed by atoms with Gasteiger partial charge in [0.1, 0.15) is 11.7 Å². The minimum absolute atomic E-state index is 0.116. The molecule has 1 aliphatic rings. The second-order valence-corrected chi connectivity index (χ2v) is 6.26. The van der Waals surface area contributed by atoms with Gasteiger partial charge in [0.05, 0.1) is 0 Å². The molecule has 0 aliphatic carbocycles. The van der Waals surface area contributed by atoms with Crippen LogP contribution in [0.2, 0.25) is 5.02 Å². The minimum Gasteiger partial charge on any atom is -0.418 e. The van der Waals surface area contributed by atoms with Crippen molar-refractivity contribution in [3.05, 3.63) is 65.3 Å². The number of carbonyl (C=O) groups is 1. The van der Waals surface area contributed by atoms with E-state index < -0.39 is 0 Å². The van der Waals surface area contributed by atoms with Crippen LogP contribution >= 0.6 is 11.6 Å². The predicted molar refractivity (Wildman–Crippen MR) is 92.0 cm³/mol. The standard InChI is InChI=1S/C18H15ClN4O2/c19-13-8-6-12(7-9-13)16-21-22-17(25-16)15-5-3-11-23(15)18(24)14-4-1-2-10-20-14/h1-2,4,6-10,15H,3,5,11H2. The molecule has 1 unspecified atom stereocenters. The Bertz CT molecular complexity index is 880. The van der Waals surface area contributed by atoms with Gasteiger partial charge in [0.2, 0.25) is 11.8 Å². The SMILES string of the molecule is O=C(c1ccccn1)N1CCCC1c1nnc(-c2ccc(Cl)cc2)o1. The van der Waals surface area contributed by atoms with E-state index in [9.17, 15) is 4.79 Å². The maximum Gasteiger partial charge on any atom is 0.273 e. The summed E-state index contributed by atoms with van der Waals surface area (Å²) >= 11 is 5.90. The highest BCUT2D eigenvalue weighted by molar-refractivity contribution is 6.30. The number of benzene rings is 1. The van der Waals surface area contributed by atoms with E-state index in [1.807, 2.05) is 12.1 Å². The molecular weight excluding hydrogens is 340 g/mol. The van der Waals surface area contributed by atoms with Crippen LogP contribution in [0.25, 0.3) is 11.5 Å². The van der Waals surface area contributed by atoms with Gasteiger partial charge in [0, 0.05) is 23.3 Å². The molecule has 3 heterocycles. The molecule has 3 aromatic rings. The molecule has 1 amide bonds. The molecule has 4 rings (SSSR count). The van der Waals surface area contributed by atoms with E-state index in [-0.39, 0.29) is 11.9 Å². The first-order valence-corrected chi connectivity index (χ1v) is 8.41. The number of rotatable bonds is 3. The molecule has 0 saturated carbocycles. The lowest BCUT2D eigenvalue weighted by molar-refractivity contribution is 0.0710. The molecule has 2 aromatic heterocycles. The second kappa shape index (κ2) is 6.64. The van der Waals surface area contributed by atoms with E-state index in [0.717, 1.165) is 18.4 Å². The summed E-state index contributed by atoms with van der Waals surface area (Å²) in [5.74, 6) is 0.755. The molecule has 0 spiro atoms. The Morgan fingerprint density at radius 3 is 2.76 bits per heavy atom. The fourth-order valence-electron chi connectivity index (χ4n) is 2.98. The topological polar surface area (TPSA) is 72.1 Å². The molecule has 7 heteroatoms. The highest BCUT2D eigenvalue weighted by Gasteiger charge is 2.34. The van der Waals surface area contributed by atoms with Crippen molar-refractivity contribution in [1.29, 1.82) is 0 Å². The Morgan fingerprint density at radius 1 is 1.16 bits per heavy atom. The van der Waals surface area contributed by atoms with Crippen molar-refractivity contribution >= 4 is 17.5 Å². The van der Waals surface area contributed by atoms with E-state index in [4.69, 9.17) is 16.0 Å². The number of pyridine rings is 1. The van der Waals surface area contributed by atoms with Crippen LogP contribution in [-0.4, -0.2) is 32.5 Å². The maximum atomic E-state index is 12.7. The highest BCUT2D eigenvalue weighted by Crippen LogP contribution is 2.33. The van der Waals surface area contributed by atoms with Gasteiger partial charge in [-0.1, -0.05) is 17.7 Å². The van der Waals surface area contributed by atoms with E-state index >= 15 is 0 Å². The third-order valence-electron chi connectivity index (χ3n) is 4.21. The highest BCUT2D eigenvalue weighted by atomic mass is 35.5. The molecule has 1 aliphatic heterocycles. The molecule has 1 fully saturated rings. The third kappa shape index (κ3) is 3.13. The van der Waals surface area contributed by atoms with Gasteiger partial charge >= 0.3 is 0 Å². The van der Waals surface area contributed by atoms with Crippen LogP contribution in [0.3, 0.4) is 0 Å². The van der Waals surface area contributed by atoms with Crippen LogP contribution in [-0.2, 0) is 0 Å². The van der Waals surface area contributed by atoms with E-state index in [0.29, 0.717) is 29.0 Å². The first kappa shape index (κ1) is 15.8. The third-order valence-corrected chi connectivity index (χ3v) is 4.47. The largest absolute Gasteiger partial charge is 0.418 e. The zero-order valence-corrected chi connectivity index (χ0v) is 14.1. The minimum atomic E-state index is -0.219. The van der Waals surface area contributed by atoms with Gasteiger partial charge in [-0.05, 0) is 49.2 Å². The lowest BCUT2D eigenvalue weighted by atomic mass is 10.2. The summed E-state index contributed by atoms with van der Waals surface area (Å²) in [5, 5.41) is 8.92. The summed E-state index contributed by atoms with van der Waals surface area (Å²) < 4.78 is 5.83. The van der Waals surface area contributed by atoms with E-state index in [1.54, 1.807) is 41.4 Å². The Labute approximate surface area is 149 Å². The molecular formula is C18H15ClN4O2. The van der Waals surface area contributed by atoms with Gasteiger partial charge in [-0.25, -0.2) is 0 Å². The number of nitrogens with zero attached hydrogens (tertiary/aromatic N) is 4. The second-order valence-electron chi connectivity index (χ2n) is 5.82. The van der Waals surface area contributed by atoms with Crippen LogP contribution in [0.1, 0.15) is 35.3 Å². The number of amides is 1. The first-order chi connectivity index (χ1) is 12.2. The van der Waals surface area contributed by atoms with Gasteiger partial charge in [0.25, 0.3) is 5.91 Å². The smallest absolute Gasteiger partial charge is 0.273 e. The number of carbonyl (C=O) groups excluding carboxylic acids is 1. The van der Waals surface area contributed by atoms with Crippen molar-refractivity contribution in [2.45, 2.75) is 18.9 Å². The van der Waals surface area contributed by atoms with Crippen molar-refractivity contribution in [3.63, 3.8) is 0 Å². The quantitative estimate of drug-likeness (QED) is 0.716. The van der Waals surface area contributed by atoms with Gasteiger partial charge in [-0.3, -0.25) is 9.78 Å². The molecule has 1 aromatic carbocycles. The Balaban J connectivity index is 1.59. The van der Waals surface area contributed by atoms with Crippen LogP contribution in [0.15, 0.2) is 53.1 Å². The summed E-state index contributed by atoms with van der Waals surface area (Å²) in [5.41, 5.74) is 1.22. The summed E-state index contributed by atoms with van der Waals surface area (Å²) in [6.07, 6.45) is 3.30. The Morgan fingerprint density at radius 2 is 2.00 bits per heavy atom. The number of likely N-dealkylation sites (tertiary alicyclic amines) is 1. The molecule has 0 radical (unpaired) electrons. The van der Waals surface area contributed by atoms with Crippen molar-refractivity contribution < 1.29 is 9.21 Å². The Hall–Kier alpha value is -2.73. The van der Waals surface area contributed by atoms with Crippen LogP contribution in [0.4, 0.5) is 0 Å².